The van der Waals surface area contributed by atoms with E-state index in [0.717, 1.165) is 24.0 Å². The predicted octanol–water partition coefficient (Wildman–Crippen LogP) is 2.93. The average molecular weight is 607 g/mol. The molecule has 0 radical (unpaired) electrons. The van der Waals surface area contributed by atoms with Gasteiger partial charge in [-0.2, -0.15) is 0 Å². The van der Waals surface area contributed by atoms with Crippen molar-refractivity contribution in [2.75, 3.05) is 13.1 Å². The van der Waals surface area contributed by atoms with Gasteiger partial charge in [0.2, 0.25) is 17.6 Å². The highest BCUT2D eigenvalue weighted by molar-refractivity contribution is 6.38. The fraction of sp³-hybridized carbons (Fsp3) is 0.618. The molecule has 0 bridgehead atoms. The van der Waals surface area contributed by atoms with E-state index < -0.39 is 47.4 Å². The van der Waals surface area contributed by atoms with Crippen molar-refractivity contribution in [2.24, 2.45) is 29.1 Å². The van der Waals surface area contributed by atoms with E-state index in [4.69, 9.17) is 4.74 Å². The molecule has 1 aromatic carbocycles. The lowest BCUT2D eigenvalue weighted by Gasteiger charge is -2.35. The number of Topliss-reactive ketones (excluding diaryl/α,β-unsaturated/α-hetero) is 1. The Morgan fingerprint density at radius 1 is 1.07 bits per heavy atom. The molecule has 1 heterocycles. The number of nitrogens with one attached hydrogen (secondary N) is 3. The van der Waals surface area contributed by atoms with Gasteiger partial charge in [0.15, 0.2) is 0 Å². The van der Waals surface area contributed by atoms with Gasteiger partial charge in [-0.3, -0.25) is 19.2 Å². The SMILES string of the molecule is C=CCNC(=O)C(=O)C(CC1CC1)NC(=O)[C@@H]1[C@@H]2[C@H](CN1C(=O)[C@@H](NC(=O)OC(C)(C)C)C1Cc3ccccc3C1)C2(C)C. The zero-order valence-corrected chi connectivity index (χ0v) is 26.5. The Kier molecular flexibility index (Phi) is 8.66. The molecule has 5 rings (SSSR count). The molecular formula is C34H46N4O6. The molecule has 5 atom stereocenters. The van der Waals surface area contributed by atoms with Crippen LogP contribution in [0.3, 0.4) is 0 Å². The Morgan fingerprint density at radius 2 is 1.70 bits per heavy atom. The number of ether oxygens (including phenoxy) is 1. The molecule has 3 fully saturated rings. The quantitative estimate of drug-likeness (QED) is 0.262. The van der Waals surface area contributed by atoms with Gasteiger partial charge in [-0.25, -0.2) is 4.79 Å². The van der Waals surface area contributed by atoms with Crippen molar-refractivity contribution in [1.29, 1.82) is 0 Å². The zero-order valence-electron chi connectivity index (χ0n) is 26.5. The van der Waals surface area contributed by atoms with Crippen LogP contribution >= 0.6 is 0 Å². The number of fused-ring (bicyclic) bond motifs is 2. The van der Waals surface area contributed by atoms with Gasteiger partial charge in [0.05, 0.1) is 6.04 Å². The minimum Gasteiger partial charge on any atom is -0.444 e. The molecule has 238 valence electrons. The standard InChI is InChI=1S/C34H46N4O6/c1-7-14-35-30(41)28(39)24(15-19-12-13-19)36-29(40)27-25-23(34(25,5)6)18-38(27)31(42)26(37-32(43)44-33(2,3)4)22-16-20-10-8-9-11-21(20)17-22/h7-11,19,22-27H,1,12-18H2,2-6H3,(H,35,41)(H,36,40)(H,37,43)/t23-,24?,25-,26-,27-/m0/s1. The van der Waals surface area contributed by atoms with Gasteiger partial charge in [0, 0.05) is 13.1 Å². The Balaban J connectivity index is 1.38. The minimum atomic E-state index is -0.974. The molecule has 44 heavy (non-hydrogen) atoms. The molecule has 1 aliphatic heterocycles. The van der Waals surface area contributed by atoms with Crippen molar-refractivity contribution < 1.29 is 28.7 Å². The normalized spacial score (nSPS) is 24.8. The highest BCUT2D eigenvalue weighted by atomic mass is 16.6. The second-order valence-corrected chi connectivity index (χ2v) is 14.6. The van der Waals surface area contributed by atoms with Crippen LogP contribution in [0, 0.1) is 29.1 Å². The highest BCUT2D eigenvalue weighted by Gasteiger charge is 2.70. The van der Waals surface area contributed by atoms with Crippen molar-refractivity contribution in [1.82, 2.24) is 20.9 Å². The van der Waals surface area contributed by atoms with Gasteiger partial charge < -0.3 is 25.6 Å². The van der Waals surface area contributed by atoms with Crippen LogP contribution in [0.25, 0.3) is 0 Å². The minimum absolute atomic E-state index is 0.0966. The maximum absolute atomic E-state index is 14.4. The van der Waals surface area contributed by atoms with Gasteiger partial charge in [-0.05, 0) is 80.2 Å². The zero-order chi connectivity index (χ0) is 32.0. The lowest BCUT2D eigenvalue weighted by atomic mass is 9.93. The first kappa shape index (κ1) is 31.7. The van der Waals surface area contributed by atoms with Gasteiger partial charge in [0.25, 0.3) is 5.91 Å². The fourth-order valence-electron chi connectivity index (χ4n) is 7.22. The Morgan fingerprint density at radius 3 is 2.27 bits per heavy atom. The summed E-state index contributed by atoms with van der Waals surface area (Å²) in [5.41, 5.74) is 1.36. The van der Waals surface area contributed by atoms with Crippen molar-refractivity contribution in [2.45, 2.75) is 90.4 Å². The third-order valence-electron chi connectivity index (χ3n) is 9.78. The van der Waals surface area contributed by atoms with Crippen LogP contribution in [-0.2, 0) is 36.8 Å². The van der Waals surface area contributed by atoms with E-state index in [2.05, 4.69) is 36.4 Å². The Labute approximate surface area is 259 Å². The van der Waals surface area contributed by atoms with Gasteiger partial charge in [0.1, 0.15) is 17.7 Å². The van der Waals surface area contributed by atoms with Gasteiger partial charge >= 0.3 is 6.09 Å². The molecule has 0 aromatic heterocycles. The number of hydrogen-bond acceptors (Lipinski definition) is 6. The Bertz CT molecular complexity index is 1320. The summed E-state index contributed by atoms with van der Waals surface area (Å²) in [6, 6.07) is 5.31. The fourth-order valence-corrected chi connectivity index (χ4v) is 7.22. The number of carbonyl (C=O) groups excluding carboxylic acids is 5. The summed E-state index contributed by atoms with van der Waals surface area (Å²) in [6.07, 6.45) is 4.31. The van der Waals surface area contributed by atoms with Crippen molar-refractivity contribution in [3.63, 3.8) is 0 Å². The van der Waals surface area contributed by atoms with Crippen LogP contribution in [0.1, 0.15) is 65.0 Å². The first-order chi connectivity index (χ1) is 20.7. The van der Waals surface area contributed by atoms with Crippen LogP contribution in [0.5, 0.6) is 0 Å². The Hall–Kier alpha value is -3.69. The predicted molar refractivity (Wildman–Crippen MR) is 164 cm³/mol. The summed E-state index contributed by atoms with van der Waals surface area (Å²) in [6.45, 7) is 13.6. The monoisotopic (exact) mass is 606 g/mol. The van der Waals surface area contributed by atoms with Crippen molar-refractivity contribution >= 4 is 29.6 Å². The molecule has 1 saturated heterocycles. The number of likely N-dealkylation sites (tertiary alicyclic amines) is 1. The van der Waals surface area contributed by atoms with E-state index in [0.29, 0.717) is 25.8 Å². The number of carbonyl (C=O) groups is 5. The van der Waals surface area contributed by atoms with Crippen LogP contribution in [0.15, 0.2) is 36.9 Å². The lowest BCUT2D eigenvalue weighted by Crippen LogP contribution is -2.60. The average Bonchev–Trinajstić information content (AvgIpc) is 3.70. The number of amides is 4. The van der Waals surface area contributed by atoms with E-state index in [1.54, 1.807) is 25.7 Å². The first-order valence-electron chi connectivity index (χ1n) is 15.8. The van der Waals surface area contributed by atoms with E-state index in [-0.39, 0.29) is 41.5 Å². The topological polar surface area (TPSA) is 134 Å². The molecule has 3 aliphatic carbocycles. The second kappa shape index (κ2) is 12.0. The number of piperidine rings is 1. The number of alkyl carbamates (subject to hydrolysis) is 1. The van der Waals surface area contributed by atoms with Crippen LogP contribution in [-0.4, -0.2) is 71.3 Å². The van der Waals surface area contributed by atoms with Crippen LogP contribution in [0.2, 0.25) is 0 Å². The number of rotatable bonds is 11. The summed E-state index contributed by atoms with van der Waals surface area (Å²) in [7, 11) is 0. The lowest BCUT2D eigenvalue weighted by molar-refractivity contribution is -0.144. The van der Waals surface area contributed by atoms with E-state index in [9.17, 15) is 24.0 Å². The summed E-state index contributed by atoms with van der Waals surface area (Å²) in [5.74, 6) is -2.14. The van der Waals surface area contributed by atoms with Crippen LogP contribution in [0.4, 0.5) is 4.79 Å². The third kappa shape index (κ3) is 6.69. The molecule has 3 N–H and O–H groups in total. The number of nitrogens with zero attached hydrogens (tertiary/aromatic N) is 1. The number of ketones is 1. The van der Waals surface area contributed by atoms with Gasteiger partial charge in [-0.1, -0.05) is 57.0 Å². The third-order valence-corrected chi connectivity index (χ3v) is 9.78. The highest BCUT2D eigenvalue weighted by Crippen LogP contribution is 2.65. The summed E-state index contributed by atoms with van der Waals surface area (Å²) < 4.78 is 5.55. The number of benzene rings is 1. The van der Waals surface area contributed by atoms with Gasteiger partial charge in [-0.15, -0.1) is 6.58 Å². The number of hydrogen-bond donors (Lipinski definition) is 3. The molecule has 4 amide bonds. The molecule has 2 saturated carbocycles. The maximum atomic E-state index is 14.4. The maximum Gasteiger partial charge on any atom is 0.408 e. The largest absolute Gasteiger partial charge is 0.444 e. The molecule has 0 spiro atoms. The molecule has 4 aliphatic rings. The molecule has 10 nitrogen and oxygen atoms in total. The summed E-state index contributed by atoms with van der Waals surface area (Å²) >= 11 is 0. The van der Waals surface area contributed by atoms with E-state index in [1.165, 1.54) is 6.08 Å². The molecule has 10 heteroatoms. The van der Waals surface area contributed by atoms with Crippen LogP contribution < -0.4 is 16.0 Å². The second-order valence-electron chi connectivity index (χ2n) is 14.6. The summed E-state index contributed by atoms with van der Waals surface area (Å²) in [4.78, 5) is 68.8. The van der Waals surface area contributed by atoms with Crippen molar-refractivity contribution in [3.8, 4) is 0 Å². The van der Waals surface area contributed by atoms with E-state index >= 15 is 0 Å². The van der Waals surface area contributed by atoms with Crippen molar-refractivity contribution in [3.05, 3.63) is 48.0 Å². The molecular weight excluding hydrogens is 560 g/mol. The summed E-state index contributed by atoms with van der Waals surface area (Å²) in [5, 5.41) is 8.27. The molecule has 1 unspecified atom stereocenters. The first-order valence-corrected chi connectivity index (χ1v) is 15.8. The van der Waals surface area contributed by atoms with E-state index in [1.807, 2.05) is 24.3 Å². The molecule has 1 aromatic rings. The smallest absolute Gasteiger partial charge is 0.408 e.